The van der Waals surface area contributed by atoms with Crippen molar-refractivity contribution in [3.63, 3.8) is 0 Å². The molecule has 7 nitrogen and oxygen atoms in total. The number of nitrogens with one attached hydrogen (secondary N) is 2. The molecule has 1 atom stereocenters. The summed E-state index contributed by atoms with van der Waals surface area (Å²) in [5, 5.41) is 2.94. The molecular weight excluding hydrogens is 392 g/mol. The molecule has 2 aromatic rings. The molecule has 2 N–H and O–H groups in total. The molecule has 0 aliphatic heterocycles. The lowest BCUT2D eigenvalue weighted by molar-refractivity contribution is -0.121. The van der Waals surface area contributed by atoms with Crippen molar-refractivity contribution in [1.29, 1.82) is 0 Å². The van der Waals surface area contributed by atoms with E-state index in [-0.39, 0.29) is 29.8 Å². The van der Waals surface area contributed by atoms with Gasteiger partial charge in [0.15, 0.2) is 0 Å². The van der Waals surface area contributed by atoms with Gasteiger partial charge >= 0.3 is 0 Å². The number of rotatable bonds is 11. The van der Waals surface area contributed by atoms with E-state index in [1.54, 1.807) is 19.2 Å². The van der Waals surface area contributed by atoms with Gasteiger partial charge in [-0.05, 0) is 55.3 Å². The molecule has 0 aliphatic carbocycles. The fourth-order valence-corrected chi connectivity index (χ4v) is 3.82. The standard InChI is InChI=1S/C21H28N2O5S/c1-4-20(16-6-8-17(27-3)9-7-16)23-21(24)14-15-22-29(25,26)19-12-10-18(11-13-19)28-5-2/h6-13,20,22H,4-5,14-15H2,1-3H3,(H,23,24). The van der Waals surface area contributed by atoms with E-state index in [1.165, 1.54) is 12.1 Å². The lowest BCUT2D eigenvalue weighted by Gasteiger charge is -2.18. The molecule has 158 valence electrons. The Morgan fingerprint density at radius 3 is 2.17 bits per heavy atom. The zero-order valence-electron chi connectivity index (χ0n) is 17.0. The molecule has 0 saturated carbocycles. The van der Waals surface area contributed by atoms with Gasteiger partial charge in [-0.25, -0.2) is 13.1 Å². The molecule has 2 rings (SSSR count). The summed E-state index contributed by atoms with van der Waals surface area (Å²) < 4.78 is 37.6. The number of hydrogen-bond donors (Lipinski definition) is 2. The minimum absolute atomic E-state index is 0.0143. The second kappa shape index (κ2) is 10.8. The van der Waals surface area contributed by atoms with Crippen molar-refractivity contribution >= 4 is 15.9 Å². The van der Waals surface area contributed by atoms with E-state index in [0.29, 0.717) is 12.4 Å². The third-order valence-corrected chi connectivity index (χ3v) is 5.83. The van der Waals surface area contributed by atoms with E-state index < -0.39 is 10.0 Å². The minimum atomic E-state index is -3.68. The Morgan fingerprint density at radius 1 is 1.00 bits per heavy atom. The van der Waals surface area contributed by atoms with E-state index in [9.17, 15) is 13.2 Å². The predicted octanol–water partition coefficient (Wildman–Crippen LogP) is 3.03. The third kappa shape index (κ3) is 6.76. The maximum absolute atomic E-state index is 12.3. The molecule has 0 saturated heterocycles. The first-order valence-corrected chi connectivity index (χ1v) is 11.0. The molecule has 2 aromatic carbocycles. The SMILES string of the molecule is CCOc1ccc(S(=O)(=O)NCCC(=O)NC(CC)c2ccc(OC)cc2)cc1. The molecule has 0 aromatic heterocycles. The number of hydrogen-bond acceptors (Lipinski definition) is 5. The second-order valence-electron chi connectivity index (χ2n) is 6.35. The van der Waals surface area contributed by atoms with Gasteiger partial charge in [-0.2, -0.15) is 0 Å². The number of benzene rings is 2. The van der Waals surface area contributed by atoms with Crippen molar-refractivity contribution in [2.45, 2.75) is 37.6 Å². The van der Waals surface area contributed by atoms with Crippen LogP contribution in [0.15, 0.2) is 53.4 Å². The molecule has 1 unspecified atom stereocenters. The Hall–Kier alpha value is -2.58. The topological polar surface area (TPSA) is 93.7 Å². The molecule has 8 heteroatoms. The van der Waals surface area contributed by atoms with E-state index in [1.807, 2.05) is 38.1 Å². The molecule has 29 heavy (non-hydrogen) atoms. The summed E-state index contributed by atoms with van der Waals surface area (Å²) in [6.07, 6.45) is 0.763. The number of carbonyl (C=O) groups is 1. The van der Waals surface area contributed by atoms with Crippen molar-refractivity contribution in [3.05, 3.63) is 54.1 Å². The van der Waals surface area contributed by atoms with Gasteiger partial charge < -0.3 is 14.8 Å². The second-order valence-corrected chi connectivity index (χ2v) is 8.12. The van der Waals surface area contributed by atoms with Crippen LogP contribution in [0.5, 0.6) is 11.5 Å². The van der Waals surface area contributed by atoms with Gasteiger partial charge in [-0.3, -0.25) is 4.79 Å². The van der Waals surface area contributed by atoms with Crippen LogP contribution in [-0.4, -0.2) is 34.6 Å². The van der Waals surface area contributed by atoms with Crippen LogP contribution in [0.2, 0.25) is 0 Å². The zero-order valence-corrected chi connectivity index (χ0v) is 17.8. The molecule has 0 bridgehead atoms. The molecule has 1 amide bonds. The monoisotopic (exact) mass is 420 g/mol. The quantitative estimate of drug-likeness (QED) is 0.583. The van der Waals surface area contributed by atoms with Crippen LogP contribution in [0.25, 0.3) is 0 Å². The fraction of sp³-hybridized carbons (Fsp3) is 0.381. The highest BCUT2D eigenvalue weighted by molar-refractivity contribution is 7.89. The first-order chi connectivity index (χ1) is 13.9. The molecule has 0 heterocycles. The zero-order chi connectivity index (χ0) is 21.3. The van der Waals surface area contributed by atoms with Crippen LogP contribution in [-0.2, 0) is 14.8 Å². The lowest BCUT2D eigenvalue weighted by atomic mass is 10.0. The first-order valence-electron chi connectivity index (χ1n) is 9.55. The van der Waals surface area contributed by atoms with Crippen LogP contribution < -0.4 is 19.5 Å². The summed E-state index contributed by atoms with van der Waals surface area (Å²) in [4.78, 5) is 12.4. The number of carbonyl (C=O) groups excluding carboxylic acids is 1. The van der Waals surface area contributed by atoms with Gasteiger partial charge in [0.1, 0.15) is 11.5 Å². The highest BCUT2D eigenvalue weighted by atomic mass is 32.2. The van der Waals surface area contributed by atoms with Gasteiger partial charge in [0.25, 0.3) is 0 Å². The normalized spacial score (nSPS) is 12.2. The smallest absolute Gasteiger partial charge is 0.240 e. The van der Waals surface area contributed by atoms with Gasteiger partial charge in [-0.15, -0.1) is 0 Å². The summed E-state index contributed by atoms with van der Waals surface area (Å²) in [6.45, 7) is 4.36. The summed E-state index contributed by atoms with van der Waals surface area (Å²) >= 11 is 0. The largest absolute Gasteiger partial charge is 0.497 e. The molecule has 0 spiro atoms. The van der Waals surface area contributed by atoms with E-state index >= 15 is 0 Å². The lowest BCUT2D eigenvalue weighted by Crippen LogP contribution is -2.32. The van der Waals surface area contributed by atoms with Crippen LogP contribution in [0.4, 0.5) is 0 Å². The molecule has 0 aliphatic rings. The Balaban J connectivity index is 1.87. The average Bonchev–Trinajstić information content (AvgIpc) is 2.72. The van der Waals surface area contributed by atoms with Crippen LogP contribution in [0.3, 0.4) is 0 Å². The van der Waals surface area contributed by atoms with Gasteiger partial charge in [0, 0.05) is 13.0 Å². The van der Waals surface area contributed by atoms with E-state index in [4.69, 9.17) is 9.47 Å². The summed E-state index contributed by atoms with van der Waals surface area (Å²) in [7, 11) is -2.08. The van der Waals surface area contributed by atoms with Crippen molar-refractivity contribution in [2.24, 2.45) is 0 Å². The highest BCUT2D eigenvalue weighted by Gasteiger charge is 2.16. The summed E-state index contributed by atoms with van der Waals surface area (Å²) in [5.41, 5.74) is 0.969. The van der Waals surface area contributed by atoms with Crippen molar-refractivity contribution in [2.75, 3.05) is 20.3 Å². The summed E-state index contributed by atoms with van der Waals surface area (Å²) in [5.74, 6) is 1.13. The van der Waals surface area contributed by atoms with Crippen molar-refractivity contribution in [1.82, 2.24) is 10.0 Å². The molecule has 0 fully saturated rings. The van der Waals surface area contributed by atoms with Crippen molar-refractivity contribution < 1.29 is 22.7 Å². The van der Waals surface area contributed by atoms with E-state index in [2.05, 4.69) is 10.0 Å². The fourth-order valence-electron chi connectivity index (χ4n) is 2.79. The number of methoxy groups -OCH3 is 1. The van der Waals surface area contributed by atoms with Gasteiger partial charge in [-0.1, -0.05) is 19.1 Å². The Bertz CT molecular complexity index is 880. The number of sulfonamides is 1. The maximum atomic E-state index is 12.3. The minimum Gasteiger partial charge on any atom is -0.497 e. The molecule has 0 radical (unpaired) electrons. The van der Waals surface area contributed by atoms with Gasteiger partial charge in [0.2, 0.25) is 15.9 Å². The molecular formula is C21H28N2O5S. The third-order valence-electron chi connectivity index (χ3n) is 4.35. The van der Waals surface area contributed by atoms with Crippen molar-refractivity contribution in [3.8, 4) is 11.5 Å². The summed E-state index contributed by atoms with van der Waals surface area (Å²) in [6, 6.07) is 13.5. The van der Waals surface area contributed by atoms with Crippen LogP contribution in [0.1, 0.15) is 38.3 Å². The maximum Gasteiger partial charge on any atom is 0.240 e. The van der Waals surface area contributed by atoms with Gasteiger partial charge in [0.05, 0.1) is 24.7 Å². The van der Waals surface area contributed by atoms with E-state index in [0.717, 1.165) is 17.7 Å². The highest BCUT2D eigenvalue weighted by Crippen LogP contribution is 2.20. The predicted molar refractivity (Wildman–Crippen MR) is 112 cm³/mol. The van der Waals surface area contributed by atoms with Crippen LogP contribution in [0, 0.1) is 0 Å². The van der Waals surface area contributed by atoms with Crippen LogP contribution >= 0.6 is 0 Å². The Morgan fingerprint density at radius 2 is 1.62 bits per heavy atom. The average molecular weight is 421 g/mol. The first kappa shape index (κ1) is 22.7. The Kier molecular flexibility index (Phi) is 8.48. The number of amides is 1. The number of ether oxygens (including phenoxy) is 2. The Labute approximate surface area is 172 Å².